The molecule has 2 rings (SSSR count). The number of likely N-dealkylation sites (N-methyl/N-ethyl adjacent to an activating group) is 1. The molecule has 0 bridgehead atoms. The van der Waals surface area contributed by atoms with Crippen LogP contribution in [0.25, 0.3) is 0 Å². The van der Waals surface area contributed by atoms with Gasteiger partial charge in [-0.15, -0.1) is 0 Å². The fourth-order valence-corrected chi connectivity index (χ4v) is 2.60. The molecule has 5 heteroatoms. The summed E-state index contributed by atoms with van der Waals surface area (Å²) in [6, 6.07) is 8.15. The molecule has 110 valence electrons. The van der Waals surface area contributed by atoms with Gasteiger partial charge in [0.25, 0.3) is 0 Å². The number of carbonyl (C=O) groups is 1. The molecule has 5 nitrogen and oxygen atoms in total. The van der Waals surface area contributed by atoms with Gasteiger partial charge < -0.3 is 14.8 Å². The molecule has 0 unspecified atom stereocenters. The van der Waals surface area contributed by atoms with Crippen LogP contribution in [0, 0.1) is 0 Å². The summed E-state index contributed by atoms with van der Waals surface area (Å²) < 4.78 is 10.0. The van der Waals surface area contributed by atoms with Crippen LogP contribution in [0.2, 0.25) is 0 Å². The highest BCUT2D eigenvalue weighted by atomic mass is 16.5. The van der Waals surface area contributed by atoms with Crippen LogP contribution in [0.15, 0.2) is 24.3 Å². The summed E-state index contributed by atoms with van der Waals surface area (Å²) in [7, 11) is 5.06. The lowest BCUT2D eigenvalue weighted by Crippen LogP contribution is -2.33. The molecule has 1 aromatic rings. The number of ether oxygens (including phenoxy) is 2. The number of hydrogen-bond donors (Lipinski definition) is 1. The van der Waals surface area contributed by atoms with Crippen molar-refractivity contribution in [3.63, 3.8) is 0 Å². The van der Waals surface area contributed by atoms with E-state index >= 15 is 0 Å². The van der Waals surface area contributed by atoms with Gasteiger partial charge in [-0.1, -0.05) is 12.1 Å². The molecule has 0 saturated carbocycles. The van der Waals surface area contributed by atoms with Gasteiger partial charge >= 0.3 is 5.97 Å². The largest absolute Gasteiger partial charge is 0.497 e. The second-order valence-corrected chi connectivity index (χ2v) is 5.14. The minimum Gasteiger partial charge on any atom is -0.497 e. The van der Waals surface area contributed by atoms with Crippen molar-refractivity contribution in [1.29, 1.82) is 0 Å². The van der Waals surface area contributed by atoms with E-state index in [0.717, 1.165) is 25.3 Å². The van der Waals surface area contributed by atoms with Gasteiger partial charge in [0.05, 0.1) is 14.2 Å². The number of carbonyl (C=O) groups excluding carboxylic acids is 1. The van der Waals surface area contributed by atoms with E-state index in [0.29, 0.717) is 6.04 Å². The van der Waals surface area contributed by atoms with Crippen LogP contribution in [0.3, 0.4) is 0 Å². The Labute approximate surface area is 119 Å². The summed E-state index contributed by atoms with van der Waals surface area (Å²) >= 11 is 0. The van der Waals surface area contributed by atoms with Crippen molar-refractivity contribution in [2.45, 2.75) is 25.0 Å². The number of esters is 1. The Kier molecular flexibility index (Phi) is 4.98. The second-order valence-electron chi connectivity index (χ2n) is 5.14. The lowest BCUT2D eigenvalue weighted by Gasteiger charge is -2.15. The van der Waals surface area contributed by atoms with Gasteiger partial charge in [0.1, 0.15) is 11.8 Å². The van der Waals surface area contributed by atoms with Gasteiger partial charge in [-0.25, -0.2) is 0 Å². The van der Waals surface area contributed by atoms with Crippen molar-refractivity contribution in [2.75, 3.05) is 27.8 Å². The summed E-state index contributed by atoms with van der Waals surface area (Å²) in [5.41, 5.74) is 1.17. The Morgan fingerprint density at radius 1 is 1.45 bits per heavy atom. The van der Waals surface area contributed by atoms with Crippen molar-refractivity contribution in [1.82, 2.24) is 10.2 Å². The molecule has 0 aromatic heterocycles. The van der Waals surface area contributed by atoms with E-state index in [1.807, 2.05) is 30.1 Å². The van der Waals surface area contributed by atoms with E-state index in [9.17, 15) is 4.79 Å². The molecule has 0 amide bonds. The maximum absolute atomic E-state index is 11.6. The first kappa shape index (κ1) is 14.8. The molecule has 0 aliphatic carbocycles. The van der Waals surface area contributed by atoms with E-state index in [1.165, 1.54) is 12.7 Å². The lowest BCUT2D eigenvalue weighted by molar-refractivity contribution is -0.145. The fraction of sp³-hybridized carbons (Fsp3) is 0.533. The Morgan fingerprint density at radius 2 is 2.25 bits per heavy atom. The van der Waals surface area contributed by atoms with Crippen LogP contribution in [0.1, 0.15) is 12.0 Å². The van der Waals surface area contributed by atoms with Crippen LogP contribution < -0.4 is 10.1 Å². The van der Waals surface area contributed by atoms with Crippen LogP contribution >= 0.6 is 0 Å². The number of benzene rings is 1. The highest BCUT2D eigenvalue weighted by molar-refractivity contribution is 5.76. The normalized spacial score (nSPS) is 22.8. The zero-order valence-electron chi connectivity index (χ0n) is 12.3. The van der Waals surface area contributed by atoms with Gasteiger partial charge in [0, 0.05) is 19.1 Å². The topological polar surface area (TPSA) is 50.8 Å². The highest BCUT2D eigenvalue weighted by Crippen LogP contribution is 2.18. The Hall–Kier alpha value is -1.59. The third-order valence-corrected chi connectivity index (χ3v) is 3.75. The summed E-state index contributed by atoms with van der Waals surface area (Å²) in [5, 5.41) is 3.48. The number of methoxy groups -OCH3 is 2. The molecule has 1 heterocycles. The molecule has 1 aliphatic rings. The number of nitrogens with one attached hydrogen (secondary N) is 1. The average Bonchev–Trinajstić information content (AvgIpc) is 2.85. The molecular formula is C15H22N2O3. The first-order chi connectivity index (χ1) is 9.63. The third kappa shape index (κ3) is 3.49. The van der Waals surface area contributed by atoms with Crippen molar-refractivity contribution >= 4 is 5.97 Å². The summed E-state index contributed by atoms with van der Waals surface area (Å²) in [5.74, 6) is 0.707. The van der Waals surface area contributed by atoms with Gasteiger partial charge in [0.2, 0.25) is 0 Å². The summed E-state index contributed by atoms with van der Waals surface area (Å²) in [6.07, 6.45) is 0.785. The molecule has 1 aliphatic heterocycles. The first-order valence-electron chi connectivity index (χ1n) is 6.78. The van der Waals surface area contributed by atoms with E-state index in [2.05, 4.69) is 11.4 Å². The third-order valence-electron chi connectivity index (χ3n) is 3.75. The SMILES string of the molecule is COC(=O)[C@@H]1C[C@H](NCc2cccc(OC)c2)CN1C. The maximum atomic E-state index is 11.6. The van der Waals surface area contributed by atoms with Crippen LogP contribution in [0.5, 0.6) is 5.75 Å². The quantitative estimate of drug-likeness (QED) is 0.815. The Bertz CT molecular complexity index is 464. The number of nitrogens with zero attached hydrogens (tertiary/aromatic N) is 1. The molecule has 1 saturated heterocycles. The molecule has 0 spiro atoms. The zero-order valence-corrected chi connectivity index (χ0v) is 12.3. The molecule has 0 radical (unpaired) electrons. The van der Waals surface area contributed by atoms with Crippen molar-refractivity contribution in [3.8, 4) is 5.75 Å². The van der Waals surface area contributed by atoms with Crippen molar-refractivity contribution < 1.29 is 14.3 Å². The van der Waals surface area contributed by atoms with Crippen LogP contribution in [-0.2, 0) is 16.1 Å². The highest BCUT2D eigenvalue weighted by Gasteiger charge is 2.34. The molecule has 2 atom stereocenters. The molecule has 1 fully saturated rings. The van der Waals surface area contributed by atoms with Gasteiger partial charge in [0.15, 0.2) is 0 Å². The maximum Gasteiger partial charge on any atom is 0.323 e. The van der Waals surface area contributed by atoms with Crippen LogP contribution in [0.4, 0.5) is 0 Å². The predicted octanol–water partition coefficient (Wildman–Crippen LogP) is 1.03. The Morgan fingerprint density at radius 3 is 2.95 bits per heavy atom. The number of hydrogen-bond acceptors (Lipinski definition) is 5. The molecule has 1 aromatic carbocycles. The van der Waals surface area contributed by atoms with Crippen molar-refractivity contribution in [3.05, 3.63) is 29.8 Å². The Balaban J connectivity index is 1.87. The second kappa shape index (κ2) is 6.72. The monoisotopic (exact) mass is 278 g/mol. The van der Waals surface area contributed by atoms with Crippen molar-refractivity contribution in [2.24, 2.45) is 0 Å². The minimum atomic E-state index is -0.154. The van der Waals surface area contributed by atoms with E-state index in [4.69, 9.17) is 9.47 Å². The summed E-state index contributed by atoms with van der Waals surface area (Å²) in [6.45, 7) is 1.62. The molecular weight excluding hydrogens is 256 g/mol. The van der Waals surface area contributed by atoms with Gasteiger partial charge in [-0.05, 0) is 31.2 Å². The fourth-order valence-electron chi connectivity index (χ4n) is 2.60. The standard InChI is InChI=1S/C15H22N2O3/c1-17-10-12(8-14(17)15(18)20-3)16-9-11-5-4-6-13(7-11)19-2/h4-7,12,14,16H,8-10H2,1-3H3/t12-,14-/m0/s1. The smallest absolute Gasteiger partial charge is 0.323 e. The minimum absolute atomic E-state index is 0.136. The first-order valence-corrected chi connectivity index (χ1v) is 6.78. The number of likely N-dealkylation sites (tertiary alicyclic amines) is 1. The molecule has 1 N–H and O–H groups in total. The van der Waals surface area contributed by atoms with Gasteiger partial charge in [-0.2, -0.15) is 0 Å². The van der Waals surface area contributed by atoms with E-state index in [-0.39, 0.29) is 12.0 Å². The molecule has 20 heavy (non-hydrogen) atoms. The van der Waals surface area contributed by atoms with E-state index < -0.39 is 0 Å². The predicted molar refractivity (Wildman–Crippen MR) is 76.7 cm³/mol. The van der Waals surface area contributed by atoms with Gasteiger partial charge in [-0.3, -0.25) is 9.69 Å². The van der Waals surface area contributed by atoms with Crippen LogP contribution in [-0.4, -0.2) is 50.8 Å². The number of rotatable bonds is 5. The zero-order chi connectivity index (χ0) is 14.5. The summed E-state index contributed by atoms with van der Waals surface area (Å²) in [4.78, 5) is 13.7. The van der Waals surface area contributed by atoms with E-state index in [1.54, 1.807) is 7.11 Å². The lowest BCUT2D eigenvalue weighted by atomic mass is 10.1. The average molecular weight is 278 g/mol.